The molecule has 1 aromatic carbocycles. The topological polar surface area (TPSA) is 56.4 Å². The van der Waals surface area contributed by atoms with Crippen LogP contribution in [0.2, 0.25) is 0 Å². The van der Waals surface area contributed by atoms with Crippen LogP contribution < -0.4 is 10.6 Å². The minimum absolute atomic E-state index is 0.160. The Labute approximate surface area is 132 Å². The molecule has 0 bridgehead atoms. The van der Waals surface area contributed by atoms with Crippen molar-refractivity contribution in [2.75, 3.05) is 37.3 Å². The Morgan fingerprint density at radius 3 is 2.29 bits per heavy atom. The van der Waals surface area contributed by atoms with Crippen LogP contribution in [0.15, 0.2) is 23.1 Å². The highest BCUT2D eigenvalue weighted by Crippen LogP contribution is 2.30. The van der Waals surface area contributed by atoms with Gasteiger partial charge in [0.15, 0.2) is 0 Å². The summed E-state index contributed by atoms with van der Waals surface area (Å²) in [5, 5.41) is 7.91. The van der Waals surface area contributed by atoms with Crippen molar-refractivity contribution in [2.24, 2.45) is 5.73 Å². The standard InChI is InChI=1S/C16H26N4S/c1-16(2,3)20-10-8-19(9-11-20)12-6-5-7-13(21-4)14(12)15(17)18/h5-7H,8-11H2,1-4H3,(H3,17,18). The van der Waals surface area contributed by atoms with Gasteiger partial charge in [0.05, 0.1) is 5.56 Å². The second kappa shape index (κ2) is 6.28. The predicted octanol–water partition coefficient (Wildman–Crippen LogP) is 2.61. The van der Waals surface area contributed by atoms with E-state index in [0.29, 0.717) is 0 Å². The molecular formula is C16H26N4S. The van der Waals surface area contributed by atoms with E-state index in [9.17, 15) is 0 Å². The number of hydrogen-bond acceptors (Lipinski definition) is 4. The summed E-state index contributed by atoms with van der Waals surface area (Å²) in [6, 6.07) is 6.18. The van der Waals surface area contributed by atoms with E-state index in [-0.39, 0.29) is 11.4 Å². The molecule has 1 heterocycles. The lowest BCUT2D eigenvalue weighted by Crippen LogP contribution is -2.53. The van der Waals surface area contributed by atoms with E-state index >= 15 is 0 Å². The van der Waals surface area contributed by atoms with Gasteiger partial charge in [-0.3, -0.25) is 10.3 Å². The summed E-state index contributed by atoms with van der Waals surface area (Å²) in [6.45, 7) is 10.8. The van der Waals surface area contributed by atoms with Crippen molar-refractivity contribution in [1.82, 2.24) is 4.90 Å². The van der Waals surface area contributed by atoms with Gasteiger partial charge in [0.25, 0.3) is 0 Å². The third-order valence-electron chi connectivity index (χ3n) is 4.06. The molecule has 0 amide bonds. The van der Waals surface area contributed by atoms with E-state index in [2.05, 4.69) is 42.7 Å². The highest BCUT2D eigenvalue weighted by Gasteiger charge is 2.27. The second-order valence-corrected chi connectivity index (χ2v) is 7.26. The first-order chi connectivity index (χ1) is 9.84. The summed E-state index contributed by atoms with van der Waals surface area (Å²) in [4.78, 5) is 5.95. The molecule has 2 rings (SSSR count). The summed E-state index contributed by atoms with van der Waals surface area (Å²) in [5.74, 6) is 0.160. The molecule has 1 saturated heterocycles. The zero-order valence-electron chi connectivity index (χ0n) is 13.4. The van der Waals surface area contributed by atoms with E-state index in [4.69, 9.17) is 11.1 Å². The summed E-state index contributed by atoms with van der Waals surface area (Å²) in [6.07, 6.45) is 2.03. The third kappa shape index (κ3) is 3.52. The maximum absolute atomic E-state index is 7.91. The molecule has 1 aliphatic rings. The van der Waals surface area contributed by atoms with Gasteiger partial charge in [0.1, 0.15) is 5.84 Å². The van der Waals surface area contributed by atoms with Crippen molar-refractivity contribution in [3.8, 4) is 0 Å². The first kappa shape index (κ1) is 16.2. The molecular weight excluding hydrogens is 280 g/mol. The molecule has 1 aliphatic heterocycles. The highest BCUT2D eigenvalue weighted by molar-refractivity contribution is 7.98. The van der Waals surface area contributed by atoms with Crippen molar-refractivity contribution >= 4 is 23.3 Å². The average Bonchev–Trinajstić information content (AvgIpc) is 2.45. The first-order valence-corrected chi connectivity index (χ1v) is 8.58. The van der Waals surface area contributed by atoms with Gasteiger partial charge in [0, 0.05) is 42.3 Å². The van der Waals surface area contributed by atoms with Crippen LogP contribution in [0.25, 0.3) is 0 Å². The number of anilines is 1. The third-order valence-corrected chi connectivity index (χ3v) is 4.84. The number of rotatable bonds is 3. The minimum atomic E-state index is 0.160. The van der Waals surface area contributed by atoms with Gasteiger partial charge in [-0.2, -0.15) is 0 Å². The average molecular weight is 306 g/mol. The number of nitrogens with one attached hydrogen (secondary N) is 1. The van der Waals surface area contributed by atoms with Gasteiger partial charge >= 0.3 is 0 Å². The van der Waals surface area contributed by atoms with E-state index in [0.717, 1.165) is 42.3 Å². The van der Waals surface area contributed by atoms with Crippen molar-refractivity contribution in [3.05, 3.63) is 23.8 Å². The van der Waals surface area contributed by atoms with Crippen LogP contribution in [-0.2, 0) is 0 Å². The van der Waals surface area contributed by atoms with Crippen molar-refractivity contribution < 1.29 is 0 Å². The lowest BCUT2D eigenvalue weighted by atomic mass is 10.0. The van der Waals surface area contributed by atoms with Gasteiger partial charge in [-0.1, -0.05) is 6.07 Å². The highest BCUT2D eigenvalue weighted by atomic mass is 32.2. The Morgan fingerprint density at radius 2 is 1.81 bits per heavy atom. The maximum Gasteiger partial charge on any atom is 0.126 e. The second-order valence-electron chi connectivity index (χ2n) is 6.41. The number of nitrogen functional groups attached to an aromatic ring is 1. The molecule has 4 nitrogen and oxygen atoms in total. The molecule has 0 aliphatic carbocycles. The largest absolute Gasteiger partial charge is 0.384 e. The first-order valence-electron chi connectivity index (χ1n) is 7.36. The van der Waals surface area contributed by atoms with Crippen molar-refractivity contribution in [2.45, 2.75) is 31.2 Å². The molecule has 1 aromatic rings. The fourth-order valence-corrected chi connectivity index (χ4v) is 3.48. The van der Waals surface area contributed by atoms with Crippen LogP contribution in [0.3, 0.4) is 0 Å². The van der Waals surface area contributed by atoms with E-state index < -0.39 is 0 Å². The van der Waals surface area contributed by atoms with Gasteiger partial charge in [0.2, 0.25) is 0 Å². The molecule has 21 heavy (non-hydrogen) atoms. The fourth-order valence-electron chi connectivity index (χ4n) is 2.84. The van der Waals surface area contributed by atoms with Crippen molar-refractivity contribution in [1.29, 1.82) is 5.41 Å². The SMILES string of the molecule is CSc1cccc(N2CCN(C(C)(C)C)CC2)c1C(=N)N. The Morgan fingerprint density at radius 1 is 1.19 bits per heavy atom. The number of thioether (sulfide) groups is 1. The molecule has 0 spiro atoms. The Hall–Kier alpha value is -1.20. The van der Waals surface area contributed by atoms with Gasteiger partial charge in [-0.05, 0) is 39.2 Å². The molecule has 1 fully saturated rings. The van der Waals surface area contributed by atoms with E-state index in [1.807, 2.05) is 12.3 Å². The summed E-state index contributed by atoms with van der Waals surface area (Å²) < 4.78 is 0. The number of nitrogens with two attached hydrogens (primary N) is 1. The molecule has 0 atom stereocenters. The van der Waals surface area contributed by atoms with E-state index in [1.54, 1.807) is 11.8 Å². The minimum Gasteiger partial charge on any atom is -0.384 e. The number of nitrogens with zero attached hydrogens (tertiary/aromatic N) is 2. The zero-order chi connectivity index (χ0) is 15.6. The summed E-state index contributed by atoms with van der Waals surface area (Å²) in [5.41, 5.74) is 8.03. The predicted molar refractivity (Wildman–Crippen MR) is 92.8 cm³/mol. The summed E-state index contributed by atoms with van der Waals surface area (Å²) >= 11 is 1.65. The molecule has 3 N–H and O–H groups in total. The quantitative estimate of drug-likeness (QED) is 0.512. The molecule has 5 heteroatoms. The number of piperazine rings is 1. The number of hydrogen-bond donors (Lipinski definition) is 2. The number of benzene rings is 1. The van der Waals surface area contributed by atoms with Crippen LogP contribution in [0.1, 0.15) is 26.3 Å². The lowest BCUT2D eigenvalue weighted by molar-refractivity contribution is 0.128. The van der Waals surface area contributed by atoms with Gasteiger partial charge in [-0.25, -0.2) is 0 Å². The smallest absolute Gasteiger partial charge is 0.126 e. The van der Waals surface area contributed by atoms with Crippen LogP contribution in [-0.4, -0.2) is 48.7 Å². The van der Waals surface area contributed by atoms with Crippen LogP contribution in [0.5, 0.6) is 0 Å². The molecule has 0 unspecified atom stereocenters. The monoisotopic (exact) mass is 306 g/mol. The summed E-state index contributed by atoms with van der Waals surface area (Å²) in [7, 11) is 0. The Balaban J connectivity index is 2.23. The lowest BCUT2D eigenvalue weighted by Gasteiger charge is -2.43. The molecule has 0 radical (unpaired) electrons. The van der Waals surface area contributed by atoms with E-state index in [1.165, 1.54) is 0 Å². The van der Waals surface area contributed by atoms with Gasteiger partial charge in [-0.15, -0.1) is 11.8 Å². The fraction of sp³-hybridized carbons (Fsp3) is 0.562. The zero-order valence-corrected chi connectivity index (χ0v) is 14.3. The van der Waals surface area contributed by atoms with Crippen LogP contribution in [0.4, 0.5) is 5.69 Å². The molecule has 0 aromatic heterocycles. The maximum atomic E-state index is 7.91. The van der Waals surface area contributed by atoms with Gasteiger partial charge < -0.3 is 10.6 Å². The normalized spacial score (nSPS) is 17.0. The van der Waals surface area contributed by atoms with Crippen molar-refractivity contribution in [3.63, 3.8) is 0 Å². The molecule has 116 valence electrons. The Bertz CT molecular complexity index is 513. The van der Waals surface area contributed by atoms with Crippen LogP contribution >= 0.6 is 11.8 Å². The number of amidine groups is 1. The van der Waals surface area contributed by atoms with Crippen LogP contribution in [0, 0.1) is 5.41 Å². The molecule has 0 saturated carbocycles. The Kier molecular flexibility index (Phi) is 4.84.